The normalized spacial score (nSPS) is 11.2. The summed E-state index contributed by atoms with van der Waals surface area (Å²) in [5, 5.41) is 1.01. The van der Waals surface area contributed by atoms with Crippen LogP contribution in [0.4, 0.5) is 0 Å². The molecule has 0 aliphatic heterocycles. The summed E-state index contributed by atoms with van der Waals surface area (Å²) in [7, 11) is 4.27. The minimum atomic E-state index is -0.296. The van der Waals surface area contributed by atoms with Gasteiger partial charge in [0.1, 0.15) is 13.2 Å². The molecule has 0 heterocycles. The lowest BCUT2D eigenvalue weighted by molar-refractivity contribution is -0.890. The Morgan fingerprint density at radius 1 is 1.40 bits per heavy atom. The summed E-state index contributed by atoms with van der Waals surface area (Å²) in [6, 6.07) is 0. The van der Waals surface area contributed by atoms with E-state index in [9.17, 15) is 4.79 Å². The van der Waals surface area contributed by atoms with Gasteiger partial charge in [0, 0.05) is 17.3 Å². The van der Waals surface area contributed by atoms with Gasteiger partial charge < -0.3 is 9.22 Å². The molecular formula is C11H21BrNO2+. The lowest BCUT2D eigenvalue weighted by Gasteiger charge is -2.29. The molecule has 0 spiro atoms. The number of likely N-dealkylation sites (N-methyl/N-ethyl adjacent to an activating group) is 1. The average Bonchev–Trinajstić information content (AvgIpc) is 2.14. The molecule has 3 nitrogen and oxygen atoms in total. The van der Waals surface area contributed by atoms with Crippen molar-refractivity contribution >= 4 is 21.9 Å². The van der Waals surface area contributed by atoms with Crippen molar-refractivity contribution in [3.8, 4) is 0 Å². The Hall–Kier alpha value is -0.350. The summed E-state index contributed by atoms with van der Waals surface area (Å²) in [4.78, 5) is 11.1. The lowest BCUT2D eigenvalue weighted by atomic mass is 10.3. The third-order valence-corrected chi connectivity index (χ3v) is 2.74. The molecule has 0 bridgehead atoms. The molecule has 0 aliphatic rings. The third kappa shape index (κ3) is 7.56. The van der Waals surface area contributed by atoms with Crippen LogP contribution in [-0.2, 0) is 9.53 Å². The molecule has 0 N–H and O–H groups in total. The van der Waals surface area contributed by atoms with Crippen molar-refractivity contribution in [2.45, 2.75) is 13.3 Å². The maximum absolute atomic E-state index is 11.1. The Morgan fingerprint density at radius 3 is 2.47 bits per heavy atom. The smallest absolute Gasteiger partial charge is 0.333 e. The van der Waals surface area contributed by atoms with Gasteiger partial charge in [-0.05, 0) is 6.92 Å². The van der Waals surface area contributed by atoms with Crippen LogP contribution in [0.3, 0.4) is 0 Å². The molecule has 0 saturated carbocycles. The number of hydrogen-bond acceptors (Lipinski definition) is 2. The number of alkyl halides is 1. The molecule has 4 heteroatoms. The van der Waals surface area contributed by atoms with Crippen molar-refractivity contribution in [3.05, 3.63) is 12.2 Å². The Balaban J connectivity index is 3.74. The molecule has 0 unspecified atom stereocenters. The van der Waals surface area contributed by atoms with Crippen LogP contribution in [0.25, 0.3) is 0 Å². The van der Waals surface area contributed by atoms with Crippen molar-refractivity contribution < 1.29 is 14.0 Å². The first kappa shape index (κ1) is 14.6. The summed E-state index contributed by atoms with van der Waals surface area (Å²) in [5.74, 6) is -0.296. The molecule has 0 radical (unpaired) electrons. The van der Waals surface area contributed by atoms with Crippen molar-refractivity contribution in [3.63, 3.8) is 0 Å². The molecule has 0 aliphatic carbocycles. The maximum atomic E-state index is 11.1. The molecule has 0 saturated heterocycles. The van der Waals surface area contributed by atoms with Crippen LogP contribution >= 0.6 is 15.9 Å². The van der Waals surface area contributed by atoms with Crippen molar-refractivity contribution in [2.24, 2.45) is 0 Å². The lowest BCUT2D eigenvalue weighted by Crippen LogP contribution is -2.43. The molecule has 15 heavy (non-hydrogen) atoms. The van der Waals surface area contributed by atoms with E-state index in [2.05, 4.69) is 36.6 Å². The van der Waals surface area contributed by atoms with E-state index in [1.165, 1.54) is 0 Å². The van der Waals surface area contributed by atoms with E-state index in [1.54, 1.807) is 6.92 Å². The molecular weight excluding hydrogens is 258 g/mol. The summed E-state index contributed by atoms with van der Waals surface area (Å²) in [6.07, 6.45) is 1.13. The van der Waals surface area contributed by atoms with Crippen molar-refractivity contribution in [2.75, 3.05) is 39.1 Å². The topological polar surface area (TPSA) is 26.3 Å². The van der Waals surface area contributed by atoms with E-state index < -0.39 is 0 Å². The monoisotopic (exact) mass is 278 g/mol. The fourth-order valence-corrected chi connectivity index (χ4v) is 1.36. The number of ether oxygens (including phenoxy) is 1. The third-order valence-electron chi connectivity index (χ3n) is 2.18. The van der Waals surface area contributed by atoms with Gasteiger partial charge in [-0.15, -0.1) is 0 Å². The largest absolute Gasteiger partial charge is 0.456 e. The van der Waals surface area contributed by atoms with Crippen molar-refractivity contribution in [1.82, 2.24) is 0 Å². The number of quaternary nitrogens is 1. The number of rotatable bonds is 7. The first-order chi connectivity index (χ1) is 6.89. The minimum absolute atomic E-state index is 0.296. The Morgan fingerprint density at radius 2 is 2.00 bits per heavy atom. The first-order valence-electron chi connectivity index (χ1n) is 5.09. The summed E-state index contributed by atoms with van der Waals surface area (Å²) in [5.41, 5.74) is 0.459. The first-order valence-corrected chi connectivity index (χ1v) is 6.22. The Labute approximate surface area is 101 Å². The van der Waals surface area contributed by atoms with Gasteiger partial charge in [-0.2, -0.15) is 0 Å². The highest BCUT2D eigenvalue weighted by Crippen LogP contribution is 2.02. The zero-order valence-corrected chi connectivity index (χ0v) is 11.5. The van der Waals surface area contributed by atoms with E-state index in [-0.39, 0.29) is 5.97 Å². The van der Waals surface area contributed by atoms with Crippen LogP contribution in [0.5, 0.6) is 0 Å². The van der Waals surface area contributed by atoms with Crippen LogP contribution in [-0.4, -0.2) is 49.6 Å². The standard InChI is InChI=1S/C11H21BrNO2/c1-10(2)11(14)15-9-8-13(3,4)7-5-6-12/h1,5-9H2,2-4H3/q+1. The van der Waals surface area contributed by atoms with Gasteiger partial charge in [0.15, 0.2) is 0 Å². The van der Waals surface area contributed by atoms with E-state index in [0.717, 1.165) is 29.3 Å². The second-order valence-electron chi connectivity index (χ2n) is 4.34. The summed E-state index contributed by atoms with van der Waals surface area (Å²) in [6.45, 7) is 7.57. The SMILES string of the molecule is C=C(C)C(=O)OCC[N+](C)(C)CCCBr. The van der Waals surface area contributed by atoms with Crippen LogP contribution in [0.1, 0.15) is 13.3 Å². The molecule has 0 rings (SSSR count). The second-order valence-corrected chi connectivity index (χ2v) is 5.13. The van der Waals surface area contributed by atoms with E-state index in [1.807, 2.05) is 0 Å². The van der Waals surface area contributed by atoms with Crippen LogP contribution in [0.15, 0.2) is 12.2 Å². The number of halogens is 1. The zero-order chi connectivity index (χ0) is 11.9. The predicted molar refractivity (Wildman–Crippen MR) is 66.0 cm³/mol. The number of hydrogen-bond donors (Lipinski definition) is 0. The van der Waals surface area contributed by atoms with Gasteiger partial charge in [0.2, 0.25) is 0 Å². The van der Waals surface area contributed by atoms with E-state index in [0.29, 0.717) is 12.2 Å². The highest BCUT2D eigenvalue weighted by atomic mass is 79.9. The van der Waals surface area contributed by atoms with Gasteiger partial charge in [-0.25, -0.2) is 4.79 Å². The van der Waals surface area contributed by atoms with Gasteiger partial charge in [0.25, 0.3) is 0 Å². The molecule has 0 aromatic rings. The molecule has 88 valence electrons. The minimum Gasteiger partial charge on any atom is -0.456 e. The zero-order valence-electron chi connectivity index (χ0n) is 9.88. The number of carbonyl (C=O) groups excluding carboxylic acids is 1. The highest BCUT2D eigenvalue weighted by molar-refractivity contribution is 9.09. The fraction of sp³-hybridized carbons (Fsp3) is 0.727. The second kappa shape index (κ2) is 7.01. The summed E-state index contributed by atoms with van der Waals surface area (Å²) >= 11 is 3.41. The van der Waals surface area contributed by atoms with Gasteiger partial charge in [-0.3, -0.25) is 0 Å². The number of nitrogens with zero attached hydrogens (tertiary/aromatic N) is 1. The Kier molecular flexibility index (Phi) is 6.85. The molecule has 0 atom stereocenters. The van der Waals surface area contributed by atoms with Crippen LogP contribution in [0.2, 0.25) is 0 Å². The quantitative estimate of drug-likeness (QED) is 0.308. The molecule has 0 amide bonds. The van der Waals surface area contributed by atoms with Crippen LogP contribution < -0.4 is 0 Å². The molecule has 0 fully saturated rings. The van der Waals surface area contributed by atoms with Gasteiger partial charge in [0.05, 0.1) is 20.6 Å². The van der Waals surface area contributed by atoms with Crippen LogP contribution in [0, 0.1) is 0 Å². The molecule has 0 aromatic heterocycles. The molecule has 0 aromatic carbocycles. The van der Waals surface area contributed by atoms with Gasteiger partial charge in [-0.1, -0.05) is 22.5 Å². The van der Waals surface area contributed by atoms with E-state index in [4.69, 9.17) is 4.74 Å². The van der Waals surface area contributed by atoms with Crippen molar-refractivity contribution in [1.29, 1.82) is 0 Å². The number of carbonyl (C=O) groups is 1. The number of esters is 1. The van der Waals surface area contributed by atoms with E-state index >= 15 is 0 Å². The highest BCUT2D eigenvalue weighted by Gasteiger charge is 2.15. The fourth-order valence-electron chi connectivity index (χ4n) is 1.11. The van der Waals surface area contributed by atoms with Gasteiger partial charge >= 0.3 is 5.97 Å². The Bertz CT molecular complexity index is 227. The predicted octanol–water partition coefficient (Wildman–Crippen LogP) is 1.97. The summed E-state index contributed by atoms with van der Waals surface area (Å²) < 4.78 is 5.92. The average molecular weight is 279 g/mol. The maximum Gasteiger partial charge on any atom is 0.333 e.